The molecule has 0 aromatic carbocycles. The average molecular weight is 335 g/mol. The molecule has 0 N–H and O–H groups in total. The van der Waals surface area contributed by atoms with E-state index in [4.69, 9.17) is 0 Å². The Hall–Kier alpha value is -0.870. The van der Waals surface area contributed by atoms with Gasteiger partial charge in [0.15, 0.2) is 0 Å². The number of hydrogen-bond acceptors (Lipinski definition) is 3. The van der Waals surface area contributed by atoms with Crippen molar-refractivity contribution in [2.75, 3.05) is 26.2 Å². The van der Waals surface area contributed by atoms with Crippen LogP contribution < -0.4 is 0 Å². The lowest BCUT2D eigenvalue weighted by atomic mass is 9.86. The molecule has 1 amide bonds. The summed E-state index contributed by atoms with van der Waals surface area (Å²) in [6.07, 6.45) is 10.2. The van der Waals surface area contributed by atoms with Gasteiger partial charge in [-0.2, -0.15) is 0 Å². The first-order valence-corrected chi connectivity index (χ1v) is 10.2. The van der Waals surface area contributed by atoms with Crippen molar-refractivity contribution >= 4 is 17.2 Å². The molecule has 1 aromatic rings. The fourth-order valence-corrected chi connectivity index (χ4v) is 4.70. The van der Waals surface area contributed by atoms with E-state index in [1.807, 2.05) is 11.3 Å². The highest BCUT2D eigenvalue weighted by molar-refractivity contribution is 7.09. The quantitative estimate of drug-likeness (QED) is 0.780. The molecule has 2 heterocycles. The number of thiophene rings is 1. The highest BCUT2D eigenvalue weighted by atomic mass is 32.1. The summed E-state index contributed by atoms with van der Waals surface area (Å²) in [6, 6.07) is 4.32. The van der Waals surface area contributed by atoms with Crippen molar-refractivity contribution in [2.24, 2.45) is 5.92 Å². The van der Waals surface area contributed by atoms with E-state index in [1.165, 1.54) is 43.4 Å². The van der Waals surface area contributed by atoms with Crippen LogP contribution >= 0.6 is 11.3 Å². The van der Waals surface area contributed by atoms with Crippen LogP contribution in [0.2, 0.25) is 0 Å². The minimum atomic E-state index is 0.386. The van der Waals surface area contributed by atoms with E-state index in [-0.39, 0.29) is 0 Å². The van der Waals surface area contributed by atoms with E-state index in [0.717, 1.165) is 51.5 Å². The minimum absolute atomic E-state index is 0.386. The van der Waals surface area contributed by atoms with Crippen molar-refractivity contribution in [3.8, 4) is 0 Å². The molecule has 0 bridgehead atoms. The van der Waals surface area contributed by atoms with Crippen molar-refractivity contribution in [3.05, 3.63) is 22.4 Å². The third-order valence-corrected chi connectivity index (χ3v) is 6.27. The molecule has 1 aliphatic carbocycles. The zero-order chi connectivity index (χ0) is 15.9. The number of carbonyl (C=O) groups is 1. The van der Waals surface area contributed by atoms with Gasteiger partial charge in [-0.05, 0) is 30.2 Å². The summed E-state index contributed by atoms with van der Waals surface area (Å²) in [5.41, 5.74) is 0. The second-order valence-electron chi connectivity index (χ2n) is 7.13. The zero-order valence-electron chi connectivity index (χ0n) is 14.2. The van der Waals surface area contributed by atoms with Crippen LogP contribution in [0.25, 0.3) is 0 Å². The van der Waals surface area contributed by atoms with Gasteiger partial charge in [0.25, 0.3) is 0 Å². The SMILES string of the molecule is O=C(CCCC1CCCCC1)N1CCN(Cc2cccs2)CC1. The van der Waals surface area contributed by atoms with E-state index in [1.54, 1.807) is 0 Å². The van der Waals surface area contributed by atoms with Crippen LogP contribution in [0.4, 0.5) is 0 Å². The number of amides is 1. The lowest BCUT2D eigenvalue weighted by Crippen LogP contribution is -2.48. The fraction of sp³-hybridized carbons (Fsp3) is 0.737. The van der Waals surface area contributed by atoms with Crippen molar-refractivity contribution in [1.29, 1.82) is 0 Å². The van der Waals surface area contributed by atoms with E-state index >= 15 is 0 Å². The van der Waals surface area contributed by atoms with Gasteiger partial charge >= 0.3 is 0 Å². The summed E-state index contributed by atoms with van der Waals surface area (Å²) >= 11 is 1.83. The molecular weight excluding hydrogens is 304 g/mol. The predicted molar refractivity (Wildman–Crippen MR) is 96.6 cm³/mol. The Morgan fingerprint density at radius 2 is 1.91 bits per heavy atom. The van der Waals surface area contributed by atoms with Gasteiger partial charge in [0.2, 0.25) is 5.91 Å². The molecule has 2 fully saturated rings. The molecule has 3 nitrogen and oxygen atoms in total. The maximum absolute atomic E-state index is 12.4. The molecule has 0 spiro atoms. The predicted octanol–water partition coefficient (Wildman–Crippen LogP) is 4.14. The Morgan fingerprint density at radius 3 is 2.61 bits per heavy atom. The van der Waals surface area contributed by atoms with Crippen LogP contribution in [0.15, 0.2) is 17.5 Å². The third kappa shape index (κ3) is 5.32. The molecule has 0 unspecified atom stereocenters. The van der Waals surface area contributed by atoms with E-state index < -0.39 is 0 Å². The molecular formula is C19H30N2OS. The minimum Gasteiger partial charge on any atom is -0.340 e. The highest BCUT2D eigenvalue weighted by Crippen LogP contribution is 2.27. The second-order valence-corrected chi connectivity index (χ2v) is 8.16. The Bertz CT molecular complexity index is 460. The van der Waals surface area contributed by atoms with Crippen molar-refractivity contribution in [2.45, 2.75) is 57.9 Å². The lowest BCUT2D eigenvalue weighted by molar-refractivity contribution is -0.133. The molecule has 1 aliphatic heterocycles. The van der Waals surface area contributed by atoms with Crippen LogP contribution in [0.3, 0.4) is 0 Å². The van der Waals surface area contributed by atoms with Gasteiger partial charge in [-0.3, -0.25) is 9.69 Å². The van der Waals surface area contributed by atoms with E-state index in [9.17, 15) is 4.79 Å². The summed E-state index contributed by atoms with van der Waals surface area (Å²) in [5, 5.41) is 2.14. The number of nitrogens with zero attached hydrogens (tertiary/aromatic N) is 2. The molecule has 1 aromatic heterocycles. The third-order valence-electron chi connectivity index (χ3n) is 5.41. The van der Waals surface area contributed by atoms with Crippen LogP contribution in [-0.2, 0) is 11.3 Å². The number of hydrogen-bond donors (Lipinski definition) is 0. The van der Waals surface area contributed by atoms with Gasteiger partial charge in [-0.15, -0.1) is 11.3 Å². The van der Waals surface area contributed by atoms with Crippen molar-refractivity contribution < 1.29 is 4.79 Å². The summed E-state index contributed by atoms with van der Waals surface area (Å²) in [6.45, 7) is 4.90. The monoisotopic (exact) mass is 334 g/mol. The first-order chi connectivity index (χ1) is 11.3. The summed E-state index contributed by atoms with van der Waals surface area (Å²) in [7, 11) is 0. The van der Waals surface area contributed by atoms with Crippen LogP contribution in [-0.4, -0.2) is 41.9 Å². The zero-order valence-corrected chi connectivity index (χ0v) is 15.0. The highest BCUT2D eigenvalue weighted by Gasteiger charge is 2.21. The van der Waals surface area contributed by atoms with Gasteiger partial charge in [0.05, 0.1) is 0 Å². The standard InChI is InChI=1S/C19H30N2OS/c22-19(10-4-8-17-6-2-1-3-7-17)21-13-11-20(12-14-21)16-18-9-5-15-23-18/h5,9,15,17H,1-4,6-8,10-14,16H2. The number of rotatable bonds is 6. The Balaban J connectivity index is 1.31. The normalized spacial score (nSPS) is 20.8. The maximum atomic E-state index is 12.4. The summed E-state index contributed by atoms with van der Waals surface area (Å²) in [5.74, 6) is 1.29. The van der Waals surface area contributed by atoms with E-state index in [0.29, 0.717) is 5.91 Å². The number of piperazine rings is 1. The van der Waals surface area contributed by atoms with Gasteiger partial charge in [0, 0.05) is 44.0 Å². The van der Waals surface area contributed by atoms with Crippen LogP contribution in [0.1, 0.15) is 56.2 Å². The molecule has 1 saturated carbocycles. The van der Waals surface area contributed by atoms with Gasteiger partial charge < -0.3 is 4.90 Å². The number of carbonyl (C=O) groups excluding carboxylic acids is 1. The van der Waals surface area contributed by atoms with Crippen LogP contribution in [0.5, 0.6) is 0 Å². The Labute approximate surface area is 144 Å². The van der Waals surface area contributed by atoms with Crippen molar-refractivity contribution in [1.82, 2.24) is 9.80 Å². The molecule has 4 heteroatoms. The summed E-state index contributed by atoms with van der Waals surface area (Å²) < 4.78 is 0. The molecule has 2 aliphatic rings. The van der Waals surface area contributed by atoms with Crippen LogP contribution in [0, 0.1) is 5.92 Å². The molecule has 0 atom stereocenters. The second kappa shape index (κ2) is 8.84. The molecule has 1 saturated heterocycles. The first kappa shape index (κ1) is 17.0. The fourth-order valence-electron chi connectivity index (χ4n) is 3.95. The van der Waals surface area contributed by atoms with Crippen molar-refractivity contribution in [3.63, 3.8) is 0 Å². The maximum Gasteiger partial charge on any atom is 0.222 e. The largest absolute Gasteiger partial charge is 0.340 e. The molecule has 3 rings (SSSR count). The van der Waals surface area contributed by atoms with Gasteiger partial charge in [-0.25, -0.2) is 0 Å². The van der Waals surface area contributed by atoms with E-state index in [2.05, 4.69) is 27.3 Å². The smallest absolute Gasteiger partial charge is 0.222 e. The average Bonchev–Trinajstić information content (AvgIpc) is 3.09. The Morgan fingerprint density at radius 1 is 1.13 bits per heavy atom. The molecule has 23 heavy (non-hydrogen) atoms. The Kier molecular flexibility index (Phi) is 6.52. The molecule has 0 radical (unpaired) electrons. The van der Waals surface area contributed by atoms with Gasteiger partial charge in [-0.1, -0.05) is 38.2 Å². The lowest BCUT2D eigenvalue weighted by Gasteiger charge is -2.34. The summed E-state index contributed by atoms with van der Waals surface area (Å²) in [4.78, 5) is 18.4. The van der Waals surface area contributed by atoms with Gasteiger partial charge in [0.1, 0.15) is 0 Å². The first-order valence-electron chi connectivity index (χ1n) is 9.34. The topological polar surface area (TPSA) is 23.6 Å². The molecule has 128 valence electrons.